The first-order chi connectivity index (χ1) is 10.8. The minimum absolute atomic E-state index is 0.0324. The lowest BCUT2D eigenvalue weighted by Gasteiger charge is -2.07. The van der Waals surface area contributed by atoms with Crippen molar-refractivity contribution in [1.82, 2.24) is 9.88 Å². The standard InChI is InChI=1S/C19H18N2O/c22-19(20-13-12-16-6-2-1-3-7-16)17-8-10-18(11-9-17)21-14-4-5-15-21/h1-11,14-15H,12-13H2,(H,20,22). The Morgan fingerprint density at radius 3 is 2.23 bits per heavy atom. The Morgan fingerprint density at radius 2 is 1.55 bits per heavy atom. The van der Waals surface area contributed by atoms with Gasteiger partial charge in [-0.15, -0.1) is 0 Å². The summed E-state index contributed by atoms with van der Waals surface area (Å²) in [6, 6.07) is 21.7. The molecule has 3 aromatic rings. The number of amides is 1. The van der Waals surface area contributed by atoms with E-state index in [-0.39, 0.29) is 5.91 Å². The molecule has 0 bridgehead atoms. The lowest BCUT2D eigenvalue weighted by Crippen LogP contribution is -2.25. The molecule has 0 spiro atoms. The molecule has 0 aliphatic rings. The van der Waals surface area contributed by atoms with Crippen molar-refractivity contribution in [2.75, 3.05) is 6.54 Å². The van der Waals surface area contributed by atoms with E-state index < -0.39 is 0 Å². The van der Waals surface area contributed by atoms with Gasteiger partial charge < -0.3 is 9.88 Å². The van der Waals surface area contributed by atoms with Crippen molar-refractivity contribution in [3.05, 3.63) is 90.3 Å². The monoisotopic (exact) mass is 290 g/mol. The molecule has 1 heterocycles. The Kier molecular flexibility index (Phi) is 4.35. The molecular formula is C19H18N2O. The number of hydrogen-bond acceptors (Lipinski definition) is 1. The third kappa shape index (κ3) is 3.44. The van der Waals surface area contributed by atoms with Crippen LogP contribution in [-0.2, 0) is 6.42 Å². The van der Waals surface area contributed by atoms with Crippen LogP contribution in [0.15, 0.2) is 79.1 Å². The Hall–Kier alpha value is -2.81. The van der Waals surface area contributed by atoms with Gasteiger partial charge in [0.05, 0.1) is 0 Å². The van der Waals surface area contributed by atoms with Crippen LogP contribution in [0.5, 0.6) is 0 Å². The minimum Gasteiger partial charge on any atom is -0.352 e. The summed E-state index contributed by atoms with van der Waals surface area (Å²) in [7, 11) is 0. The smallest absolute Gasteiger partial charge is 0.251 e. The summed E-state index contributed by atoms with van der Waals surface area (Å²) >= 11 is 0. The van der Waals surface area contributed by atoms with Gasteiger partial charge in [-0.3, -0.25) is 4.79 Å². The highest BCUT2D eigenvalue weighted by atomic mass is 16.1. The lowest BCUT2D eigenvalue weighted by atomic mass is 10.1. The van der Waals surface area contributed by atoms with E-state index in [2.05, 4.69) is 17.4 Å². The van der Waals surface area contributed by atoms with Crippen LogP contribution in [0, 0.1) is 0 Å². The predicted molar refractivity (Wildman–Crippen MR) is 88.2 cm³/mol. The summed E-state index contributed by atoms with van der Waals surface area (Å²) in [5.74, 6) is -0.0324. The van der Waals surface area contributed by atoms with Gasteiger partial charge in [0.2, 0.25) is 0 Å². The van der Waals surface area contributed by atoms with E-state index in [9.17, 15) is 4.79 Å². The molecule has 0 unspecified atom stereocenters. The van der Waals surface area contributed by atoms with E-state index in [1.165, 1.54) is 5.56 Å². The fourth-order valence-electron chi connectivity index (χ4n) is 2.36. The van der Waals surface area contributed by atoms with Gasteiger partial charge in [0.25, 0.3) is 5.91 Å². The fraction of sp³-hybridized carbons (Fsp3) is 0.105. The van der Waals surface area contributed by atoms with Gasteiger partial charge in [-0.25, -0.2) is 0 Å². The number of benzene rings is 2. The van der Waals surface area contributed by atoms with E-state index in [4.69, 9.17) is 0 Å². The molecule has 22 heavy (non-hydrogen) atoms. The molecule has 3 nitrogen and oxygen atoms in total. The van der Waals surface area contributed by atoms with Crippen LogP contribution in [0.4, 0.5) is 0 Å². The summed E-state index contributed by atoms with van der Waals surface area (Å²) in [4.78, 5) is 12.1. The molecule has 0 radical (unpaired) electrons. The molecule has 0 fully saturated rings. The average molecular weight is 290 g/mol. The highest BCUT2D eigenvalue weighted by Gasteiger charge is 2.05. The van der Waals surface area contributed by atoms with Gasteiger partial charge in [-0.05, 0) is 48.4 Å². The zero-order valence-electron chi connectivity index (χ0n) is 12.3. The maximum Gasteiger partial charge on any atom is 0.251 e. The molecule has 3 heteroatoms. The minimum atomic E-state index is -0.0324. The first kappa shape index (κ1) is 14.1. The third-order valence-corrected chi connectivity index (χ3v) is 3.57. The average Bonchev–Trinajstić information content (AvgIpc) is 3.10. The molecule has 1 aromatic heterocycles. The van der Waals surface area contributed by atoms with Gasteiger partial charge in [-0.1, -0.05) is 30.3 Å². The SMILES string of the molecule is O=C(NCCc1ccccc1)c1ccc(-n2cccc2)cc1. The highest BCUT2D eigenvalue weighted by Crippen LogP contribution is 2.10. The molecule has 0 saturated carbocycles. The van der Waals surface area contributed by atoms with Crippen LogP contribution in [-0.4, -0.2) is 17.0 Å². The second kappa shape index (κ2) is 6.76. The Morgan fingerprint density at radius 1 is 0.864 bits per heavy atom. The molecule has 110 valence electrons. The van der Waals surface area contributed by atoms with Crippen LogP contribution in [0.3, 0.4) is 0 Å². The number of nitrogens with one attached hydrogen (secondary N) is 1. The second-order valence-corrected chi connectivity index (χ2v) is 5.13. The first-order valence-electron chi connectivity index (χ1n) is 7.38. The second-order valence-electron chi connectivity index (χ2n) is 5.13. The number of nitrogens with zero attached hydrogens (tertiary/aromatic N) is 1. The van der Waals surface area contributed by atoms with Crippen molar-refractivity contribution >= 4 is 5.91 Å². The zero-order chi connectivity index (χ0) is 15.2. The van der Waals surface area contributed by atoms with Crippen molar-refractivity contribution in [2.45, 2.75) is 6.42 Å². The van der Waals surface area contributed by atoms with Crippen molar-refractivity contribution < 1.29 is 4.79 Å². The fourth-order valence-corrected chi connectivity index (χ4v) is 2.36. The van der Waals surface area contributed by atoms with E-state index in [1.807, 2.05) is 71.6 Å². The van der Waals surface area contributed by atoms with E-state index in [0.29, 0.717) is 12.1 Å². The molecule has 0 saturated heterocycles. The summed E-state index contributed by atoms with van der Waals surface area (Å²) in [6.45, 7) is 0.641. The van der Waals surface area contributed by atoms with Crippen LogP contribution >= 0.6 is 0 Å². The van der Waals surface area contributed by atoms with E-state index in [1.54, 1.807) is 0 Å². The Balaban J connectivity index is 1.56. The molecule has 1 N–H and O–H groups in total. The normalized spacial score (nSPS) is 10.4. The summed E-state index contributed by atoms with van der Waals surface area (Å²) in [5, 5.41) is 2.96. The summed E-state index contributed by atoms with van der Waals surface area (Å²) < 4.78 is 2.01. The molecule has 0 aliphatic carbocycles. The first-order valence-corrected chi connectivity index (χ1v) is 7.38. The van der Waals surface area contributed by atoms with E-state index >= 15 is 0 Å². The predicted octanol–water partition coefficient (Wildman–Crippen LogP) is 3.45. The zero-order valence-corrected chi connectivity index (χ0v) is 12.3. The molecule has 1 amide bonds. The number of rotatable bonds is 5. The number of carbonyl (C=O) groups is 1. The number of carbonyl (C=O) groups excluding carboxylic acids is 1. The van der Waals surface area contributed by atoms with Crippen molar-refractivity contribution in [3.63, 3.8) is 0 Å². The van der Waals surface area contributed by atoms with Gasteiger partial charge in [-0.2, -0.15) is 0 Å². The maximum atomic E-state index is 12.1. The van der Waals surface area contributed by atoms with Crippen molar-refractivity contribution in [3.8, 4) is 5.69 Å². The largest absolute Gasteiger partial charge is 0.352 e. The van der Waals surface area contributed by atoms with Gasteiger partial charge >= 0.3 is 0 Å². The van der Waals surface area contributed by atoms with Gasteiger partial charge in [0.15, 0.2) is 0 Å². The van der Waals surface area contributed by atoms with Crippen LogP contribution in [0.2, 0.25) is 0 Å². The molecule has 3 rings (SSSR count). The third-order valence-electron chi connectivity index (χ3n) is 3.57. The lowest BCUT2D eigenvalue weighted by molar-refractivity contribution is 0.0954. The molecule has 0 aliphatic heterocycles. The van der Waals surface area contributed by atoms with Crippen molar-refractivity contribution in [2.24, 2.45) is 0 Å². The number of hydrogen-bond donors (Lipinski definition) is 1. The Labute approximate surface area is 130 Å². The quantitative estimate of drug-likeness (QED) is 0.767. The number of aromatic nitrogens is 1. The molecule has 0 atom stereocenters. The Bertz CT molecular complexity index is 716. The van der Waals surface area contributed by atoms with E-state index in [0.717, 1.165) is 12.1 Å². The van der Waals surface area contributed by atoms with Gasteiger partial charge in [0, 0.05) is 30.2 Å². The maximum absolute atomic E-state index is 12.1. The molecular weight excluding hydrogens is 272 g/mol. The highest BCUT2D eigenvalue weighted by molar-refractivity contribution is 5.94. The topological polar surface area (TPSA) is 34.0 Å². The summed E-state index contributed by atoms with van der Waals surface area (Å²) in [6.07, 6.45) is 4.80. The van der Waals surface area contributed by atoms with Crippen LogP contribution in [0.25, 0.3) is 5.69 Å². The van der Waals surface area contributed by atoms with Gasteiger partial charge in [0.1, 0.15) is 0 Å². The molecule has 2 aromatic carbocycles. The summed E-state index contributed by atoms with van der Waals surface area (Å²) in [5.41, 5.74) is 2.96. The van der Waals surface area contributed by atoms with Crippen LogP contribution in [0.1, 0.15) is 15.9 Å². The van der Waals surface area contributed by atoms with Crippen LogP contribution < -0.4 is 5.32 Å². The van der Waals surface area contributed by atoms with Crippen molar-refractivity contribution in [1.29, 1.82) is 0 Å².